The van der Waals surface area contributed by atoms with E-state index in [-0.39, 0.29) is 18.4 Å². The van der Waals surface area contributed by atoms with Crippen LogP contribution in [0.2, 0.25) is 0 Å². The first-order valence-corrected chi connectivity index (χ1v) is 10.0. The van der Waals surface area contributed by atoms with E-state index in [0.717, 1.165) is 50.6 Å². The van der Waals surface area contributed by atoms with Crippen molar-refractivity contribution in [2.24, 2.45) is 11.8 Å². The van der Waals surface area contributed by atoms with Gasteiger partial charge in [-0.3, -0.25) is 4.79 Å². The molecule has 0 saturated carbocycles. The number of aliphatic hydroxyl groups is 1. The van der Waals surface area contributed by atoms with Gasteiger partial charge in [-0.1, -0.05) is 12.1 Å². The molecule has 6 heteroatoms. The molecule has 6 nitrogen and oxygen atoms in total. The highest BCUT2D eigenvalue weighted by atomic mass is 16.5. The highest BCUT2D eigenvalue weighted by Crippen LogP contribution is 2.25. The van der Waals surface area contributed by atoms with Crippen molar-refractivity contribution in [3.05, 3.63) is 29.8 Å². The second kappa shape index (κ2) is 9.53. The number of likely N-dealkylation sites (tertiary alicyclic amines) is 1. The van der Waals surface area contributed by atoms with Gasteiger partial charge < -0.3 is 24.5 Å². The van der Waals surface area contributed by atoms with Crippen LogP contribution in [-0.4, -0.2) is 92.3 Å². The Morgan fingerprint density at radius 3 is 2.78 bits per heavy atom. The first-order chi connectivity index (χ1) is 13.1. The van der Waals surface area contributed by atoms with E-state index in [1.807, 2.05) is 29.2 Å². The van der Waals surface area contributed by atoms with Crippen molar-refractivity contribution in [3.8, 4) is 5.75 Å². The van der Waals surface area contributed by atoms with Crippen LogP contribution in [0.25, 0.3) is 0 Å². The van der Waals surface area contributed by atoms with E-state index in [0.29, 0.717) is 18.9 Å². The highest BCUT2D eigenvalue weighted by Gasteiger charge is 2.35. The lowest BCUT2D eigenvalue weighted by atomic mass is 9.96. The third-order valence-corrected chi connectivity index (χ3v) is 5.96. The van der Waals surface area contributed by atoms with Crippen molar-refractivity contribution in [3.63, 3.8) is 0 Å². The van der Waals surface area contributed by atoms with E-state index in [1.165, 1.54) is 6.42 Å². The number of carbonyl (C=O) groups is 1. The van der Waals surface area contributed by atoms with Gasteiger partial charge in [-0.2, -0.15) is 0 Å². The Hall–Kier alpha value is -1.63. The maximum absolute atomic E-state index is 12.8. The van der Waals surface area contributed by atoms with Gasteiger partial charge in [0.25, 0.3) is 0 Å². The standard InChI is InChI=1S/C21H33N3O3/c1-22-7-4-8-23(10-9-22)13-18-14-24(15-19(18)16-25)21(26)12-17-5-3-6-20(11-17)27-2/h3,5-6,11,18-19,25H,4,7-10,12-16H2,1-2H3/t18-,19-/m1/s1. The molecule has 1 aromatic carbocycles. The minimum Gasteiger partial charge on any atom is -0.497 e. The Morgan fingerprint density at radius 2 is 2.00 bits per heavy atom. The summed E-state index contributed by atoms with van der Waals surface area (Å²) < 4.78 is 5.25. The van der Waals surface area contributed by atoms with Gasteiger partial charge in [-0.15, -0.1) is 0 Å². The average molecular weight is 376 g/mol. The number of aliphatic hydroxyl groups excluding tert-OH is 1. The van der Waals surface area contributed by atoms with Crippen LogP contribution in [0.3, 0.4) is 0 Å². The minimum absolute atomic E-state index is 0.139. The van der Waals surface area contributed by atoms with Crippen LogP contribution in [0, 0.1) is 11.8 Å². The topological polar surface area (TPSA) is 56.2 Å². The predicted molar refractivity (Wildman–Crippen MR) is 106 cm³/mol. The molecular weight excluding hydrogens is 342 g/mol. The summed E-state index contributed by atoms with van der Waals surface area (Å²) in [4.78, 5) is 19.6. The van der Waals surface area contributed by atoms with Crippen LogP contribution in [0.15, 0.2) is 24.3 Å². The lowest BCUT2D eigenvalue weighted by Crippen LogP contribution is -2.36. The molecule has 2 fully saturated rings. The van der Waals surface area contributed by atoms with Gasteiger partial charge in [0.15, 0.2) is 0 Å². The minimum atomic E-state index is 0.139. The Balaban J connectivity index is 1.56. The molecular formula is C21H33N3O3. The average Bonchev–Trinajstić information content (AvgIpc) is 2.97. The van der Waals surface area contributed by atoms with E-state index < -0.39 is 0 Å². The van der Waals surface area contributed by atoms with E-state index in [1.54, 1.807) is 7.11 Å². The number of benzene rings is 1. The lowest BCUT2D eigenvalue weighted by Gasteiger charge is -2.26. The second-order valence-electron chi connectivity index (χ2n) is 7.99. The molecule has 2 atom stereocenters. The smallest absolute Gasteiger partial charge is 0.227 e. The quantitative estimate of drug-likeness (QED) is 0.802. The maximum atomic E-state index is 12.8. The van der Waals surface area contributed by atoms with Gasteiger partial charge in [0.2, 0.25) is 5.91 Å². The Bertz CT molecular complexity index is 624. The van der Waals surface area contributed by atoms with Gasteiger partial charge in [-0.05, 0) is 50.2 Å². The third-order valence-electron chi connectivity index (χ3n) is 5.96. The van der Waals surface area contributed by atoms with E-state index in [4.69, 9.17) is 4.74 Å². The fourth-order valence-electron chi connectivity index (χ4n) is 4.24. The van der Waals surface area contributed by atoms with Gasteiger partial charge in [0.1, 0.15) is 5.75 Å². The number of hydrogen-bond acceptors (Lipinski definition) is 5. The summed E-state index contributed by atoms with van der Waals surface area (Å²) in [5.41, 5.74) is 0.971. The van der Waals surface area contributed by atoms with Crippen LogP contribution >= 0.6 is 0 Å². The summed E-state index contributed by atoms with van der Waals surface area (Å²) in [6.07, 6.45) is 1.57. The molecule has 150 valence electrons. The molecule has 0 aliphatic carbocycles. The second-order valence-corrected chi connectivity index (χ2v) is 7.99. The number of nitrogens with zero attached hydrogens (tertiary/aromatic N) is 3. The fourth-order valence-corrected chi connectivity index (χ4v) is 4.24. The number of rotatable bonds is 6. The molecule has 0 aromatic heterocycles. The normalized spacial score (nSPS) is 24.8. The van der Waals surface area contributed by atoms with E-state index in [9.17, 15) is 9.90 Å². The molecule has 2 aliphatic rings. The molecule has 2 aliphatic heterocycles. The summed E-state index contributed by atoms with van der Waals surface area (Å²) >= 11 is 0. The molecule has 2 heterocycles. The van der Waals surface area contributed by atoms with Crippen molar-refractivity contribution in [2.45, 2.75) is 12.8 Å². The maximum Gasteiger partial charge on any atom is 0.227 e. The molecule has 1 aromatic rings. The highest BCUT2D eigenvalue weighted by molar-refractivity contribution is 5.79. The molecule has 0 radical (unpaired) electrons. The van der Waals surface area contributed by atoms with E-state index in [2.05, 4.69) is 16.8 Å². The molecule has 0 spiro atoms. The molecule has 1 amide bonds. The molecule has 0 unspecified atom stereocenters. The lowest BCUT2D eigenvalue weighted by molar-refractivity contribution is -0.129. The third kappa shape index (κ3) is 5.43. The van der Waals surface area contributed by atoms with Crippen molar-refractivity contribution >= 4 is 5.91 Å². The molecule has 3 rings (SSSR count). The number of carbonyl (C=O) groups excluding carboxylic acids is 1. The summed E-state index contributed by atoms with van der Waals surface area (Å²) in [7, 11) is 3.81. The first-order valence-electron chi connectivity index (χ1n) is 10.0. The number of likely N-dealkylation sites (N-methyl/N-ethyl adjacent to an activating group) is 1. The van der Waals surface area contributed by atoms with Crippen molar-refractivity contribution in [1.82, 2.24) is 14.7 Å². The Labute approximate surface area is 162 Å². The zero-order valence-electron chi connectivity index (χ0n) is 16.6. The molecule has 27 heavy (non-hydrogen) atoms. The Morgan fingerprint density at radius 1 is 1.19 bits per heavy atom. The predicted octanol–water partition coefficient (Wildman–Crippen LogP) is 0.942. The van der Waals surface area contributed by atoms with Crippen molar-refractivity contribution in [2.75, 3.05) is 66.6 Å². The molecule has 2 saturated heterocycles. The molecule has 1 N–H and O–H groups in total. The largest absolute Gasteiger partial charge is 0.497 e. The van der Waals surface area contributed by atoms with Crippen LogP contribution in [0.1, 0.15) is 12.0 Å². The van der Waals surface area contributed by atoms with Gasteiger partial charge in [-0.25, -0.2) is 0 Å². The van der Waals surface area contributed by atoms with Crippen LogP contribution in [-0.2, 0) is 11.2 Å². The van der Waals surface area contributed by atoms with Crippen LogP contribution in [0.5, 0.6) is 5.75 Å². The van der Waals surface area contributed by atoms with Gasteiger partial charge in [0.05, 0.1) is 13.5 Å². The van der Waals surface area contributed by atoms with Crippen LogP contribution < -0.4 is 4.74 Å². The summed E-state index contributed by atoms with van der Waals surface area (Å²) in [5, 5.41) is 9.84. The first kappa shape index (κ1) is 20.1. The zero-order chi connectivity index (χ0) is 19.2. The fraction of sp³-hybridized carbons (Fsp3) is 0.667. The van der Waals surface area contributed by atoms with E-state index >= 15 is 0 Å². The monoisotopic (exact) mass is 375 g/mol. The van der Waals surface area contributed by atoms with Crippen molar-refractivity contribution in [1.29, 1.82) is 0 Å². The summed E-state index contributed by atoms with van der Waals surface area (Å²) in [6, 6.07) is 7.69. The SMILES string of the molecule is COc1cccc(CC(=O)N2C[C@@H](CN3CCCN(C)CC3)[C@@H](CO)C2)c1. The van der Waals surface area contributed by atoms with Crippen molar-refractivity contribution < 1.29 is 14.6 Å². The molecule has 0 bridgehead atoms. The zero-order valence-corrected chi connectivity index (χ0v) is 16.6. The number of amides is 1. The number of methoxy groups -OCH3 is 1. The number of ether oxygens (including phenoxy) is 1. The van der Waals surface area contributed by atoms with Crippen LogP contribution in [0.4, 0.5) is 0 Å². The summed E-state index contributed by atoms with van der Waals surface area (Å²) in [5.74, 6) is 1.45. The Kier molecular flexibility index (Phi) is 7.10. The summed E-state index contributed by atoms with van der Waals surface area (Å²) in [6.45, 7) is 6.96. The number of hydrogen-bond donors (Lipinski definition) is 1. The van der Waals surface area contributed by atoms with Gasteiger partial charge in [0, 0.05) is 45.2 Å². The van der Waals surface area contributed by atoms with Gasteiger partial charge >= 0.3 is 0 Å².